The Morgan fingerprint density at radius 1 is 1.20 bits per heavy atom. The molecule has 1 aromatic rings. The van der Waals surface area contributed by atoms with Gasteiger partial charge in [-0.1, -0.05) is 24.3 Å². The van der Waals surface area contributed by atoms with E-state index in [0.717, 1.165) is 39.1 Å². The number of benzene rings is 1. The molecule has 1 heterocycles. The first-order valence-electron chi connectivity index (χ1n) is 7.71. The molecule has 1 unspecified atom stereocenters. The summed E-state index contributed by atoms with van der Waals surface area (Å²) in [6.45, 7) is 10.4. The van der Waals surface area contributed by atoms with Crippen molar-refractivity contribution in [1.29, 1.82) is 0 Å². The average Bonchev–Trinajstić information content (AvgIpc) is 2.41. The maximum Gasteiger partial charge on any atom is 0.0952 e. The number of hydrogen-bond acceptors (Lipinski definition) is 3. The molecule has 112 valence electrons. The lowest BCUT2D eigenvalue weighted by atomic mass is 9.97. The molecule has 0 spiro atoms. The summed E-state index contributed by atoms with van der Waals surface area (Å²) < 4.78 is 5.89. The van der Waals surface area contributed by atoms with Crippen LogP contribution in [0.2, 0.25) is 0 Å². The first-order chi connectivity index (χ1) is 9.56. The van der Waals surface area contributed by atoms with E-state index >= 15 is 0 Å². The van der Waals surface area contributed by atoms with E-state index in [-0.39, 0.29) is 11.6 Å². The summed E-state index contributed by atoms with van der Waals surface area (Å²) in [5.41, 5.74) is 3.02. The number of hydrogen-bond donors (Lipinski definition) is 2. The molecule has 2 rings (SSSR count). The van der Waals surface area contributed by atoms with E-state index in [1.807, 2.05) is 0 Å². The summed E-state index contributed by atoms with van der Waals surface area (Å²) in [6, 6.07) is 8.64. The fourth-order valence-electron chi connectivity index (χ4n) is 2.56. The van der Waals surface area contributed by atoms with Crippen molar-refractivity contribution in [3.8, 4) is 0 Å². The molecule has 0 fully saturated rings. The SMILES string of the molecule is CC(C)(C)NCCCNCC1OCCc2ccccc21. The third-order valence-electron chi connectivity index (χ3n) is 3.61. The van der Waals surface area contributed by atoms with E-state index in [2.05, 4.69) is 55.7 Å². The normalized spacial score (nSPS) is 18.9. The molecule has 0 saturated carbocycles. The Balaban J connectivity index is 1.68. The molecule has 2 N–H and O–H groups in total. The minimum atomic E-state index is 0.214. The number of nitrogens with one attached hydrogen (secondary N) is 2. The zero-order valence-electron chi connectivity index (χ0n) is 13.0. The highest BCUT2D eigenvalue weighted by atomic mass is 16.5. The predicted molar refractivity (Wildman–Crippen MR) is 84.1 cm³/mol. The van der Waals surface area contributed by atoms with Crippen LogP contribution in [0.1, 0.15) is 44.4 Å². The molecule has 1 aliphatic rings. The minimum absolute atomic E-state index is 0.214. The molecule has 0 aliphatic carbocycles. The summed E-state index contributed by atoms with van der Waals surface area (Å²) in [6.07, 6.45) is 2.41. The highest BCUT2D eigenvalue weighted by Gasteiger charge is 2.19. The lowest BCUT2D eigenvalue weighted by Crippen LogP contribution is -2.37. The van der Waals surface area contributed by atoms with Crippen LogP contribution in [0.25, 0.3) is 0 Å². The van der Waals surface area contributed by atoms with Gasteiger partial charge in [-0.3, -0.25) is 0 Å². The minimum Gasteiger partial charge on any atom is -0.372 e. The van der Waals surface area contributed by atoms with Gasteiger partial charge in [-0.15, -0.1) is 0 Å². The van der Waals surface area contributed by atoms with Crippen LogP contribution < -0.4 is 10.6 Å². The molecule has 0 aromatic heterocycles. The maximum absolute atomic E-state index is 5.89. The van der Waals surface area contributed by atoms with Crippen molar-refractivity contribution in [2.45, 2.75) is 45.3 Å². The van der Waals surface area contributed by atoms with Crippen molar-refractivity contribution >= 4 is 0 Å². The number of ether oxygens (including phenoxy) is 1. The van der Waals surface area contributed by atoms with Crippen LogP contribution in [0.4, 0.5) is 0 Å². The molecule has 3 nitrogen and oxygen atoms in total. The Kier molecular flexibility index (Phi) is 5.58. The van der Waals surface area contributed by atoms with Crippen LogP contribution >= 0.6 is 0 Å². The summed E-state index contributed by atoms with van der Waals surface area (Å²) in [5, 5.41) is 7.02. The van der Waals surface area contributed by atoms with Gasteiger partial charge in [0.15, 0.2) is 0 Å². The predicted octanol–water partition coefficient (Wildman–Crippen LogP) is 2.67. The highest BCUT2D eigenvalue weighted by molar-refractivity contribution is 5.31. The van der Waals surface area contributed by atoms with E-state index < -0.39 is 0 Å². The van der Waals surface area contributed by atoms with Crippen LogP contribution in [0.15, 0.2) is 24.3 Å². The van der Waals surface area contributed by atoms with Gasteiger partial charge < -0.3 is 15.4 Å². The molecule has 1 atom stereocenters. The topological polar surface area (TPSA) is 33.3 Å². The van der Waals surface area contributed by atoms with Gasteiger partial charge >= 0.3 is 0 Å². The van der Waals surface area contributed by atoms with E-state index in [1.165, 1.54) is 11.1 Å². The summed E-state index contributed by atoms with van der Waals surface area (Å²) in [5.74, 6) is 0. The molecule has 0 saturated heterocycles. The van der Waals surface area contributed by atoms with Crippen molar-refractivity contribution in [3.63, 3.8) is 0 Å². The van der Waals surface area contributed by atoms with Crippen molar-refractivity contribution in [1.82, 2.24) is 10.6 Å². The van der Waals surface area contributed by atoms with Crippen LogP contribution in [-0.4, -0.2) is 31.8 Å². The standard InChI is InChI=1S/C17H28N2O/c1-17(2,3)19-11-6-10-18-13-16-15-8-5-4-7-14(15)9-12-20-16/h4-5,7-8,16,18-19H,6,9-13H2,1-3H3. The van der Waals surface area contributed by atoms with Crippen LogP contribution in [0.5, 0.6) is 0 Å². The van der Waals surface area contributed by atoms with Gasteiger partial charge in [0.1, 0.15) is 0 Å². The number of rotatable bonds is 6. The largest absolute Gasteiger partial charge is 0.372 e. The molecule has 0 amide bonds. The van der Waals surface area contributed by atoms with Gasteiger partial charge in [0.25, 0.3) is 0 Å². The van der Waals surface area contributed by atoms with Crippen LogP contribution in [-0.2, 0) is 11.2 Å². The second-order valence-corrected chi connectivity index (χ2v) is 6.54. The van der Waals surface area contributed by atoms with E-state index in [4.69, 9.17) is 4.74 Å². The molecule has 3 heteroatoms. The van der Waals surface area contributed by atoms with Crippen molar-refractivity contribution < 1.29 is 4.74 Å². The van der Waals surface area contributed by atoms with Crippen LogP contribution in [0, 0.1) is 0 Å². The van der Waals surface area contributed by atoms with Crippen molar-refractivity contribution in [2.75, 3.05) is 26.2 Å². The zero-order chi connectivity index (χ0) is 14.4. The van der Waals surface area contributed by atoms with Gasteiger partial charge in [0, 0.05) is 12.1 Å². The third kappa shape index (κ3) is 4.89. The average molecular weight is 276 g/mol. The highest BCUT2D eigenvalue weighted by Crippen LogP contribution is 2.26. The van der Waals surface area contributed by atoms with Crippen LogP contribution in [0.3, 0.4) is 0 Å². The first-order valence-corrected chi connectivity index (χ1v) is 7.71. The Bertz CT molecular complexity index is 412. The fraction of sp³-hybridized carbons (Fsp3) is 0.647. The molecule has 1 aromatic carbocycles. The molecule has 0 bridgehead atoms. The van der Waals surface area contributed by atoms with E-state index in [1.54, 1.807) is 0 Å². The Hall–Kier alpha value is -0.900. The monoisotopic (exact) mass is 276 g/mol. The molecular weight excluding hydrogens is 248 g/mol. The second-order valence-electron chi connectivity index (χ2n) is 6.54. The van der Waals surface area contributed by atoms with Gasteiger partial charge in [0.05, 0.1) is 12.7 Å². The van der Waals surface area contributed by atoms with E-state index in [9.17, 15) is 0 Å². The van der Waals surface area contributed by atoms with Gasteiger partial charge in [-0.2, -0.15) is 0 Å². The Morgan fingerprint density at radius 3 is 2.80 bits per heavy atom. The Labute approximate surface area is 123 Å². The van der Waals surface area contributed by atoms with Crippen molar-refractivity contribution in [2.24, 2.45) is 0 Å². The van der Waals surface area contributed by atoms with Gasteiger partial charge in [-0.05, 0) is 57.8 Å². The summed E-state index contributed by atoms with van der Waals surface area (Å²) in [7, 11) is 0. The van der Waals surface area contributed by atoms with Crippen molar-refractivity contribution in [3.05, 3.63) is 35.4 Å². The van der Waals surface area contributed by atoms with Gasteiger partial charge in [-0.25, -0.2) is 0 Å². The lowest BCUT2D eigenvalue weighted by Gasteiger charge is -2.26. The molecular formula is C17H28N2O. The summed E-state index contributed by atoms with van der Waals surface area (Å²) in [4.78, 5) is 0. The van der Waals surface area contributed by atoms with Gasteiger partial charge in [0.2, 0.25) is 0 Å². The summed E-state index contributed by atoms with van der Waals surface area (Å²) >= 11 is 0. The molecule has 1 aliphatic heterocycles. The smallest absolute Gasteiger partial charge is 0.0952 e. The number of fused-ring (bicyclic) bond motifs is 1. The first kappa shape index (κ1) is 15.5. The lowest BCUT2D eigenvalue weighted by molar-refractivity contribution is 0.0426. The fourth-order valence-corrected chi connectivity index (χ4v) is 2.56. The second kappa shape index (κ2) is 7.21. The zero-order valence-corrected chi connectivity index (χ0v) is 13.0. The quantitative estimate of drug-likeness (QED) is 0.784. The molecule has 0 radical (unpaired) electrons. The van der Waals surface area contributed by atoms with E-state index in [0.29, 0.717) is 0 Å². The third-order valence-corrected chi connectivity index (χ3v) is 3.61. The Morgan fingerprint density at radius 2 is 2.00 bits per heavy atom. The molecule has 20 heavy (non-hydrogen) atoms. The maximum atomic E-state index is 5.89.